The van der Waals surface area contributed by atoms with Crippen LogP contribution in [0.3, 0.4) is 0 Å². The standard InChI is InChI=1S/C12H27N3O4S/c1-10(2)9-15(6-5-12(13)14-16)20(17,18)8-7-19-11(3)4/h10-11,16H,5-9H2,1-4H3,(H2,13,14). The maximum atomic E-state index is 12.3. The molecule has 0 saturated carbocycles. The molecule has 0 bridgehead atoms. The molecule has 0 aromatic rings. The number of ether oxygens (including phenoxy) is 1. The highest BCUT2D eigenvalue weighted by atomic mass is 32.2. The minimum atomic E-state index is -3.40. The summed E-state index contributed by atoms with van der Waals surface area (Å²) in [6.07, 6.45) is 0.203. The lowest BCUT2D eigenvalue weighted by Gasteiger charge is -2.24. The highest BCUT2D eigenvalue weighted by Crippen LogP contribution is 2.08. The number of oxime groups is 1. The van der Waals surface area contributed by atoms with Crippen LogP contribution in [0.2, 0.25) is 0 Å². The second-order valence-corrected chi connectivity index (χ2v) is 7.42. The summed E-state index contributed by atoms with van der Waals surface area (Å²) in [4.78, 5) is 0. The Balaban J connectivity index is 4.64. The molecule has 0 spiro atoms. The Morgan fingerprint density at radius 2 is 1.95 bits per heavy atom. The van der Waals surface area contributed by atoms with Crippen LogP contribution in [0.15, 0.2) is 5.16 Å². The van der Waals surface area contributed by atoms with Crippen LogP contribution >= 0.6 is 0 Å². The molecule has 0 fully saturated rings. The Hall–Kier alpha value is -0.860. The predicted octanol–water partition coefficient (Wildman–Crippen LogP) is 0.836. The number of nitrogens with zero attached hydrogens (tertiary/aromatic N) is 2. The minimum absolute atomic E-state index is 0.000848. The smallest absolute Gasteiger partial charge is 0.216 e. The zero-order valence-electron chi connectivity index (χ0n) is 12.7. The lowest BCUT2D eigenvalue weighted by molar-refractivity contribution is 0.0906. The summed E-state index contributed by atoms with van der Waals surface area (Å²) in [5.74, 6) is 0.157. The van der Waals surface area contributed by atoms with Crippen LogP contribution in [0.5, 0.6) is 0 Å². The van der Waals surface area contributed by atoms with E-state index in [2.05, 4.69) is 5.16 Å². The topological polar surface area (TPSA) is 105 Å². The number of hydrogen-bond acceptors (Lipinski definition) is 5. The fraction of sp³-hybridized carbons (Fsp3) is 0.917. The Bertz CT molecular complexity index is 394. The van der Waals surface area contributed by atoms with E-state index in [4.69, 9.17) is 15.7 Å². The van der Waals surface area contributed by atoms with Crippen molar-refractivity contribution in [1.82, 2.24) is 4.31 Å². The largest absolute Gasteiger partial charge is 0.409 e. The van der Waals surface area contributed by atoms with E-state index in [9.17, 15) is 8.42 Å². The van der Waals surface area contributed by atoms with Gasteiger partial charge < -0.3 is 15.7 Å². The van der Waals surface area contributed by atoms with E-state index in [1.807, 2.05) is 27.7 Å². The molecule has 0 aliphatic heterocycles. The molecule has 0 heterocycles. The first kappa shape index (κ1) is 19.1. The van der Waals surface area contributed by atoms with Gasteiger partial charge in [0.1, 0.15) is 5.84 Å². The van der Waals surface area contributed by atoms with Gasteiger partial charge in [-0.05, 0) is 19.8 Å². The van der Waals surface area contributed by atoms with Crippen LogP contribution in [0.1, 0.15) is 34.1 Å². The van der Waals surface area contributed by atoms with Gasteiger partial charge in [-0.25, -0.2) is 12.7 Å². The van der Waals surface area contributed by atoms with Crippen molar-refractivity contribution in [3.8, 4) is 0 Å². The van der Waals surface area contributed by atoms with Gasteiger partial charge in [-0.3, -0.25) is 0 Å². The Morgan fingerprint density at radius 3 is 2.40 bits per heavy atom. The van der Waals surface area contributed by atoms with E-state index in [1.54, 1.807) is 0 Å². The SMILES string of the molecule is CC(C)CN(CCC(N)=NO)S(=O)(=O)CCOC(C)C. The summed E-state index contributed by atoms with van der Waals surface area (Å²) < 4.78 is 31.2. The lowest BCUT2D eigenvalue weighted by Crippen LogP contribution is -2.39. The quantitative estimate of drug-likeness (QED) is 0.269. The molecule has 0 aliphatic rings. The molecular formula is C12H27N3O4S. The third kappa shape index (κ3) is 8.34. The van der Waals surface area contributed by atoms with Crippen LogP contribution in [0, 0.1) is 5.92 Å². The molecule has 3 N–H and O–H groups in total. The molecule has 0 aromatic heterocycles. The average Bonchev–Trinajstić information content (AvgIpc) is 2.32. The van der Waals surface area contributed by atoms with E-state index in [-0.39, 0.29) is 43.2 Å². The van der Waals surface area contributed by atoms with Gasteiger partial charge in [-0.1, -0.05) is 19.0 Å². The molecule has 0 amide bonds. The van der Waals surface area contributed by atoms with Crippen molar-refractivity contribution < 1.29 is 18.4 Å². The average molecular weight is 309 g/mol. The van der Waals surface area contributed by atoms with Gasteiger partial charge in [0.05, 0.1) is 18.5 Å². The predicted molar refractivity (Wildman–Crippen MR) is 79.3 cm³/mol. The molecule has 120 valence electrons. The molecule has 7 nitrogen and oxygen atoms in total. The zero-order valence-corrected chi connectivity index (χ0v) is 13.6. The van der Waals surface area contributed by atoms with Crippen LogP contribution in [-0.2, 0) is 14.8 Å². The number of sulfonamides is 1. The number of nitrogens with two attached hydrogens (primary N) is 1. The number of rotatable bonds is 10. The monoisotopic (exact) mass is 309 g/mol. The molecule has 0 atom stereocenters. The maximum Gasteiger partial charge on any atom is 0.216 e. The van der Waals surface area contributed by atoms with Crippen molar-refractivity contribution in [3.05, 3.63) is 0 Å². The van der Waals surface area contributed by atoms with Gasteiger partial charge in [-0.2, -0.15) is 0 Å². The molecule has 0 radical (unpaired) electrons. The van der Waals surface area contributed by atoms with Crippen LogP contribution in [0.4, 0.5) is 0 Å². The summed E-state index contributed by atoms with van der Waals surface area (Å²) in [5, 5.41) is 11.4. The first-order chi connectivity index (χ1) is 9.19. The van der Waals surface area contributed by atoms with E-state index in [0.717, 1.165) is 0 Å². The fourth-order valence-corrected chi connectivity index (χ4v) is 3.02. The van der Waals surface area contributed by atoms with E-state index in [1.165, 1.54) is 4.31 Å². The van der Waals surface area contributed by atoms with Crippen molar-refractivity contribution in [1.29, 1.82) is 0 Å². The molecule has 0 aromatic carbocycles. The van der Waals surface area contributed by atoms with Crippen molar-refractivity contribution in [2.24, 2.45) is 16.8 Å². The van der Waals surface area contributed by atoms with Crippen molar-refractivity contribution in [2.75, 3.05) is 25.4 Å². The third-order valence-corrected chi connectivity index (χ3v) is 4.30. The summed E-state index contributed by atoms with van der Waals surface area (Å²) in [6, 6.07) is 0. The normalized spacial score (nSPS) is 13.7. The maximum absolute atomic E-state index is 12.3. The van der Waals surface area contributed by atoms with Gasteiger partial charge in [0.25, 0.3) is 0 Å². The van der Waals surface area contributed by atoms with Gasteiger partial charge >= 0.3 is 0 Å². The first-order valence-electron chi connectivity index (χ1n) is 6.74. The van der Waals surface area contributed by atoms with Gasteiger partial charge in [0.2, 0.25) is 10.0 Å². The van der Waals surface area contributed by atoms with Gasteiger partial charge in [0, 0.05) is 19.5 Å². The van der Waals surface area contributed by atoms with Crippen molar-refractivity contribution in [3.63, 3.8) is 0 Å². The van der Waals surface area contributed by atoms with Crippen LogP contribution in [-0.4, -0.2) is 55.3 Å². The van der Waals surface area contributed by atoms with Crippen LogP contribution < -0.4 is 5.73 Å². The third-order valence-electron chi connectivity index (χ3n) is 2.50. The van der Waals surface area contributed by atoms with Crippen LogP contribution in [0.25, 0.3) is 0 Å². The number of amidine groups is 1. The van der Waals surface area contributed by atoms with Crippen molar-refractivity contribution >= 4 is 15.9 Å². The Morgan fingerprint density at radius 1 is 1.35 bits per heavy atom. The molecule has 0 saturated heterocycles. The molecule has 0 aliphatic carbocycles. The molecule has 0 rings (SSSR count). The van der Waals surface area contributed by atoms with Gasteiger partial charge in [0.15, 0.2) is 0 Å². The highest BCUT2D eigenvalue weighted by molar-refractivity contribution is 7.89. The highest BCUT2D eigenvalue weighted by Gasteiger charge is 2.23. The molecule has 8 heteroatoms. The summed E-state index contributed by atoms with van der Waals surface area (Å²) in [6.45, 7) is 8.38. The second-order valence-electron chi connectivity index (χ2n) is 5.33. The van der Waals surface area contributed by atoms with E-state index < -0.39 is 10.0 Å². The molecular weight excluding hydrogens is 282 g/mol. The Kier molecular flexibility index (Phi) is 8.75. The first-order valence-corrected chi connectivity index (χ1v) is 8.35. The molecule has 0 unspecified atom stereocenters. The fourth-order valence-electron chi connectivity index (χ4n) is 1.56. The van der Waals surface area contributed by atoms with Gasteiger partial charge in [-0.15, -0.1) is 0 Å². The van der Waals surface area contributed by atoms with E-state index in [0.29, 0.717) is 6.54 Å². The molecule has 20 heavy (non-hydrogen) atoms. The summed E-state index contributed by atoms with van der Waals surface area (Å²) in [5.41, 5.74) is 5.39. The van der Waals surface area contributed by atoms with Crippen molar-refractivity contribution in [2.45, 2.75) is 40.2 Å². The zero-order chi connectivity index (χ0) is 15.8. The summed E-state index contributed by atoms with van der Waals surface area (Å²) >= 11 is 0. The summed E-state index contributed by atoms with van der Waals surface area (Å²) in [7, 11) is -3.40. The lowest BCUT2D eigenvalue weighted by atomic mass is 10.2. The Labute approximate surface area is 121 Å². The minimum Gasteiger partial charge on any atom is -0.409 e. The number of hydrogen-bond donors (Lipinski definition) is 2. The second kappa shape index (κ2) is 9.15. The van der Waals surface area contributed by atoms with E-state index >= 15 is 0 Å².